The second-order valence-corrected chi connectivity index (χ2v) is 5.10. The van der Waals surface area contributed by atoms with Gasteiger partial charge in [-0.15, -0.1) is 11.8 Å². The molecule has 0 spiro atoms. The highest BCUT2D eigenvalue weighted by atomic mass is 79.9. The van der Waals surface area contributed by atoms with Gasteiger partial charge in [-0.1, -0.05) is 12.1 Å². The maximum absolute atomic E-state index is 4.45. The number of aromatic nitrogens is 1. The number of hydrogen-bond donors (Lipinski definition) is 0. The Hall–Kier alpha value is -1.13. The fraction of sp³-hybridized carbons (Fsp3) is 0.0769. The van der Waals surface area contributed by atoms with E-state index >= 15 is 0 Å². The molecule has 0 N–H and O–H groups in total. The minimum Gasteiger partial charge on any atom is -0.254 e. The van der Waals surface area contributed by atoms with Crippen molar-refractivity contribution in [3.8, 4) is 0 Å². The summed E-state index contributed by atoms with van der Waals surface area (Å²) in [6.45, 7) is 0. The van der Waals surface area contributed by atoms with Crippen LogP contribution in [0, 0.1) is 0 Å². The third kappa shape index (κ3) is 3.41. The maximum atomic E-state index is 4.45. The minimum atomic E-state index is 0.851. The Kier molecular flexibility index (Phi) is 4.34. The predicted molar refractivity (Wildman–Crippen MR) is 77.4 cm³/mol. The van der Waals surface area contributed by atoms with Crippen molar-refractivity contribution in [2.24, 2.45) is 4.99 Å². The molecule has 0 unspecified atom stereocenters. The molecular formula is C13H11BrN2S. The van der Waals surface area contributed by atoms with Gasteiger partial charge in [-0.05, 0) is 46.5 Å². The van der Waals surface area contributed by atoms with Gasteiger partial charge in [0.1, 0.15) is 0 Å². The molecule has 1 aromatic carbocycles. The van der Waals surface area contributed by atoms with Gasteiger partial charge < -0.3 is 0 Å². The number of benzene rings is 1. The topological polar surface area (TPSA) is 25.2 Å². The standard InChI is InChI=1S/C13H11BrN2S/c1-17-13-5-3-2-4-12(13)16-9-11-7-6-10(14)8-15-11/h2-9H,1H3. The van der Waals surface area contributed by atoms with Gasteiger partial charge in [0.05, 0.1) is 17.6 Å². The van der Waals surface area contributed by atoms with Crippen LogP contribution in [0.3, 0.4) is 0 Å². The number of rotatable bonds is 3. The molecule has 0 amide bonds. The number of nitrogens with zero attached hydrogens (tertiary/aromatic N) is 2. The van der Waals surface area contributed by atoms with E-state index < -0.39 is 0 Å². The third-order valence-electron chi connectivity index (χ3n) is 2.17. The zero-order chi connectivity index (χ0) is 12.1. The smallest absolute Gasteiger partial charge is 0.0813 e. The van der Waals surface area contributed by atoms with E-state index in [1.165, 1.54) is 4.90 Å². The SMILES string of the molecule is CSc1ccccc1N=Cc1ccc(Br)cn1. The van der Waals surface area contributed by atoms with Crippen molar-refractivity contribution in [3.63, 3.8) is 0 Å². The van der Waals surface area contributed by atoms with Crippen LogP contribution in [0.5, 0.6) is 0 Å². The average molecular weight is 307 g/mol. The van der Waals surface area contributed by atoms with Gasteiger partial charge in [0.25, 0.3) is 0 Å². The van der Waals surface area contributed by atoms with E-state index in [1.807, 2.05) is 36.6 Å². The Labute approximate surface area is 113 Å². The Bertz CT molecular complexity index is 523. The summed E-state index contributed by atoms with van der Waals surface area (Å²) in [7, 11) is 0. The van der Waals surface area contributed by atoms with Crippen LogP contribution >= 0.6 is 27.7 Å². The van der Waals surface area contributed by atoms with Crippen LogP contribution in [0.4, 0.5) is 5.69 Å². The summed E-state index contributed by atoms with van der Waals surface area (Å²) in [6, 6.07) is 11.9. The molecule has 2 rings (SSSR count). The molecule has 4 heteroatoms. The van der Waals surface area contributed by atoms with E-state index in [9.17, 15) is 0 Å². The first-order valence-corrected chi connectivity index (χ1v) is 7.10. The number of para-hydroxylation sites is 1. The normalized spacial score (nSPS) is 10.9. The molecule has 0 saturated heterocycles. The van der Waals surface area contributed by atoms with Gasteiger partial charge in [-0.2, -0.15) is 0 Å². The largest absolute Gasteiger partial charge is 0.254 e. The van der Waals surface area contributed by atoms with E-state index in [-0.39, 0.29) is 0 Å². The lowest BCUT2D eigenvalue weighted by molar-refractivity contribution is 1.28. The molecule has 86 valence electrons. The molecule has 0 aliphatic heterocycles. The fourth-order valence-electron chi connectivity index (χ4n) is 1.34. The molecule has 1 aromatic heterocycles. The predicted octanol–water partition coefficient (Wildman–Crippen LogP) is 4.32. The third-order valence-corrected chi connectivity index (χ3v) is 3.43. The highest BCUT2D eigenvalue weighted by molar-refractivity contribution is 9.10. The zero-order valence-electron chi connectivity index (χ0n) is 9.30. The van der Waals surface area contributed by atoms with Gasteiger partial charge in [0, 0.05) is 15.6 Å². The molecule has 0 bridgehead atoms. The molecule has 2 nitrogen and oxygen atoms in total. The summed E-state index contributed by atoms with van der Waals surface area (Å²) in [5.41, 5.74) is 1.83. The number of thioether (sulfide) groups is 1. The van der Waals surface area contributed by atoms with Crippen LogP contribution in [0.15, 0.2) is 57.0 Å². The molecule has 2 aromatic rings. The Balaban J connectivity index is 2.22. The summed E-state index contributed by atoms with van der Waals surface area (Å²) >= 11 is 5.05. The first-order valence-electron chi connectivity index (χ1n) is 5.08. The first-order chi connectivity index (χ1) is 8.29. The van der Waals surface area contributed by atoms with Crippen molar-refractivity contribution in [1.29, 1.82) is 0 Å². The van der Waals surface area contributed by atoms with Gasteiger partial charge >= 0.3 is 0 Å². The highest BCUT2D eigenvalue weighted by Crippen LogP contribution is 2.26. The van der Waals surface area contributed by atoms with Crippen molar-refractivity contribution in [2.45, 2.75) is 4.90 Å². The van der Waals surface area contributed by atoms with Gasteiger partial charge in [-0.3, -0.25) is 9.98 Å². The molecular weight excluding hydrogens is 296 g/mol. The van der Waals surface area contributed by atoms with Crippen LogP contribution < -0.4 is 0 Å². The second-order valence-electron chi connectivity index (χ2n) is 3.33. The van der Waals surface area contributed by atoms with Crippen LogP contribution in [0.25, 0.3) is 0 Å². The lowest BCUT2D eigenvalue weighted by atomic mass is 10.3. The zero-order valence-corrected chi connectivity index (χ0v) is 11.7. The first kappa shape index (κ1) is 12.3. The minimum absolute atomic E-state index is 0.851. The van der Waals surface area contributed by atoms with Crippen molar-refractivity contribution in [2.75, 3.05) is 6.26 Å². The van der Waals surface area contributed by atoms with Crippen molar-refractivity contribution >= 4 is 39.6 Å². The second kappa shape index (κ2) is 5.98. The number of hydrogen-bond acceptors (Lipinski definition) is 3. The molecule has 0 saturated carbocycles. The van der Waals surface area contributed by atoms with Crippen molar-refractivity contribution in [1.82, 2.24) is 4.98 Å². The molecule has 0 aliphatic carbocycles. The monoisotopic (exact) mass is 306 g/mol. The summed E-state index contributed by atoms with van der Waals surface area (Å²) in [6.07, 6.45) is 5.59. The quantitative estimate of drug-likeness (QED) is 0.623. The van der Waals surface area contributed by atoms with E-state index in [1.54, 1.807) is 24.2 Å². The molecule has 17 heavy (non-hydrogen) atoms. The Morgan fingerprint density at radius 1 is 1.24 bits per heavy atom. The number of pyridine rings is 1. The molecule has 1 heterocycles. The lowest BCUT2D eigenvalue weighted by Crippen LogP contribution is -1.85. The maximum Gasteiger partial charge on any atom is 0.0813 e. The molecule has 0 fully saturated rings. The van der Waals surface area contributed by atoms with E-state index in [2.05, 4.69) is 32.0 Å². The summed E-state index contributed by atoms with van der Waals surface area (Å²) in [5.74, 6) is 0. The molecule has 0 aliphatic rings. The summed E-state index contributed by atoms with van der Waals surface area (Å²) in [4.78, 5) is 9.87. The molecule has 0 atom stereocenters. The highest BCUT2D eigenvalue weighted by Gasteiger charge is 1.97. The lowest BCUT2D eigenvalue weighted by Gasteiger charge is -2.00. The van der Waals surface area contributed by atoms with Gasteiger partial charge in [0.2, 0.25) is 0 Å². The molecule has 0 radical (unpaired) electrons. The van der Waals surface area contributed by atoms with Crippen LogP contribution in [0.2, 0.25) is 0 Å². The average Bonchev–Trinajstić information content (AvgIpc) is 2.38. The van der Waals surface area contributed by atoms with Gasteiger partial charge in [0.15, 0.2) is 0 Å². The van der Waals surface area contributed by atoms with E-state index in [0.717, 1.165) is 15.9 Å². The van der Waals surface area contributed by atoms with Crippen LogP contribution in [-0.2, 0) is 0 Å². The van der Waals surface area contributed by atoms with Crippen molar-refractivity contribution < 1.29 is 0 Å². The summed E-state index contributed by atoms with van der Waals surface area (Å²) in [5, 5.41) is 0. The van der Waals surface area contributed by atoms with Crippen molar-refractivity contribution in [3.05, 3.63) is 52.8 Å². The van der Waals surface area contributed by atoms with Gasteiger partial charge in [-0.25, -0.2) is 0 Å². The van der Waals surface area contributed by atoms with Crippen LogP contribution in [-0.4, -0.2) is 17.5 Å². The number of aliphatic imine (C=N–C) groups is 1. The fourth-order valence-corrected chi connectivity index (χ4v) is 2.11. The summed E-state index contributed by atoms with van der Waals surface area (Å²) < 4.78 is 0.971. The number of halogens is 1. The van der Waals surface area contributed by atoms with Crippen LogP contribution in [0.1, 0.15) is 5.69 Å². The Morgan fingerprint density at radius 3 is 2.76 bits per heavy atom. The Morgan fingerprint density at radius 2 is 2.06 bits per heavy atom. The van der Waals surface area contributed by atoms with E-state index in [4.69, 9.17) is 0 Å². The van der Waals surface area contributed by atoms with E-state index in [0.29, 0.717) is 0 Å².